The average molecular weight is 284 g/mol. The van der Waals surface area contributed by atoms with Crippen molar-refractivity contribution in [3.8, 4) is 0 Å². The van der Waals surface area contributed by atoms with Gasteiger partial charge in [0.25, 0.3) is 0 Å². The molecule has 3 rings (SSSR count). The minimum atomic E-state index is 0.499. The molecule has 5 heteroatoms. The molecule has 2 N–H and O–H groups in total. The summed E-state index contributed by atoms with van der Waals surface area (Å²) >= 11 is 12.2. The fraction of sp³-hybridized carbons (Fsp3) is 0.462. The largest absolute Gasteiger partial charge is 0.351 e. The van der Waals surface area contributed by atoms with Gasteiger partial charge in [-0.05, 0) is 25.0 Å². The van der Waals surface area contributed by atoms with Gasteiger partial charge in [0, 0.05) is 12.1 Å². The van der Waals surface area contributed by atoms with Gasteiger partial charge in [-0.2, -0.15) is 0 Å². The maximum atomic E-state index is 6.11. The third-order valence-electron chi connectivity index (χ3n) is 3.57. The number of halogens is 2. The summed E-state index contributed by atoms with van der Waals surface area (Å²) < 4.78 is 0. The van der Waals surface area contributed by atoms with Gasteiger partial charge in [-0.25, -0.2) is 4.99 Å². The van der Waals surface area contributed by atoms with Gasteiger partial charge >= 0.3 is 0 Å². The lowest BCUT2D eigenvalue weighted by atomic mass is 9.92. The first-order valence-corrected chi connectivity index (χ1v) is 7.05. The van der Waals surface area contributed by atoms with E-state index in [0.29, 0.717) is 27.8 Å². The van der Waals surface area contributed by atoms with Gasteiger partial charge < -0.3 is 10.6 Å². The zero-order valence-electron chi connectivity index (χ0n) is 9.92. The van der Waals surface area contributed by atoms with Crippen molar-refractivity contribution < 1.29 is 0 Å². The molecule has 0 aromatic heterocycles. The number of guanidine groups is 1. The second-order valence-electron chi connectivity index (χ2n) is 4.82. The second-order valence-corrected chi connectivity index (χ2v) is 5.63. The quantitative estimate of drug-likeness (QED) is 0.828. The highest BCUT2D eigenvalue weighted by atomic mass is 35.5. The summed E-state index contributed by atoms with van der Waals surface area (Å²) in [5, 5.41) is 7.99. The lowest BCUT2D eigenvalue weighted by Crippen LogP contribution is -2.36. The number of benzene rings is 1. The summed E-state index contributed by atoms with van der Waals surface area (Å²) in [5.74, 6) is 0.793. The van der Waals surface area contributed by atoms with Gasteiger partial charge in [-0.1, -0.05) is 42.1 Å². The summed E-state index contributed by atoms with van der Waals surface area (Å²) in [6, 6.07) is 6.42. The number of aliphatic imine (C=N–C) groups is 1. The van der Waals surface area contributed by atoms with Crippen LogP contribution in [0.1, 0.15) is 25.7 Å². The van der Waals surface area contributed by atoms with E-state index in [1.54, 1.807) is 12.1 Å². The maximum Gasteiger partial charge on any atom is 0.197 e. The lowest BCUT2D eigenvalue weighted by Gasteiger charge is -2.23. The molecule has 2 fully saturated rings. The Labute approximate surface area is 117 Å². The second kappa shape index (κ2) is 4.98. The number of hydrogen-bond acceptors (Lipinski definition) is 1. The van der Waals surface area contributed by atoms with Crippen LogP contribution in [0.15, 0.2) is 23.2 Å². The minimum absolute atomic E-state index is 0.499. The zero-order chi connectivity index (χ0) is 12.5. The monoisotopic (exact) mass is 283 g/mol. The summed E-state index contributed by atoms with van der Waals surface area (Å²) in [6.07, 6.45) is 4.98. The first kappa shape index (κ1) is 12.1. The average Bonchev–Trinajstić information content (AvgIpc) is 2.76. The van der Waals surface area contributed by atoms with E-state index in [0.717, 1.165) is 5.96 Å². The van der Waals surface area contributed by atoms with E-state index >= 15 is 0 Å². The molecule has 1 heterocycles. The molecule has 1 aliphatic carbocycles. The summed E-state index contributed by atoms with van der Waals surface area (Å²) in [7, 11) is 0. The molecule has 0 unspecified atom stereocenters. The molecule has 1 saturated carbocycles. The van der Waals surface area contributed by atoms with Crippen molar-refractivity contribution >= 4 is 34.8 Å². The Bertz CT molecular complexity index is 451. The van der Waals surface area contributed by atoms with E-state index in [4.69, 9.17) is 23.2 Å². The van der Waals surface area contributed by atoms with Crippen LogP contribution in [0, 0.1) is 0 Å². The molecule has 18 heavy (non-hydrogen) atoms. The highest BCUT2D eigenvalue weighted by Crippen LogP contribution is 2.33. The van der Waals surface area contributed by atoms with Crippen LogP contribution in [0.2, 0.25) is 10.0 Å². The molecule has 0 bridgehead atoms. The Morgan fingerprint density at radius 2 is 1.56 bits per heavy atom. The molecular formula is C13H15Cl2N3. The molecule has 0 spiro atoms. The molecule has 0 amide bonds. The van der Waals surface area contributed by atoms with E-state index in [-0.39, 0.29) is 0 Å². The maximum absolute atomic E-state index is 6.11. The van der Waals surface area contributed by atoms with Crippen LogP contribution >= 0.6 is 23.2 Å². The van der Waals surface area contributed by atoms with Crippen molar-refractivity contribution in [3.63, 3.8) is 0 Å². The van der Waals surface area contributed by atoms with Crippen LogP contribution in [0.3, 0.4) is 0 Å². The standard InChI is InChI=1S/C13H15Cl2N3/c14-8-4-3-5-9(15)12(8)18-13-16-10-6-1-2-7-11(10)17-13/h3-5,10-11H,1-2,6-7H2,(H2,16,17,18)/t10-,11+. The highest BCUT2D eigenvalue weighted by molar-refractivity contribution is 6.38. The van der Waals surface area contributed by atoms with E-state index in [1.165, 1.54) is 25.7 Å². The molecule has 2 atom stereocenters. The summed E-state index contributed by atoms with van der Waals surface area (Å²) in [6.45, 7) is 0. The minimum Gasteiger partial charge on any atom is -0.351 e. The zero-order valence-corrected chi connectivity index (χ0v) is 11.4. The first-order chi connectivity index (χ1) is 8.74. The third-order valence-corrected chi connectivity index (χ3v) is 4.18. The predicted octanol–water partition coefficient (Wildman–Crippen LogP) is 3.48. The van der Waals surface area contributed by atoms with Crippen LogP contribution in [0.4, 0.5) is 5.69 Å². The lowest BCUT2D eigenvalue weighted by molar-refractivity contribution is 0.374. The molecular weight excluding hydrogens is 269 g/mol. The predicted molar refractivity (Wildman–Crippen MR) is 75.9 cm³/mol. The normalized spacial score (nSPS) is 28.7. The number of para-hydroxylation sites is 1. The Hall–Kier alpha value is -0.930. The van der Waals surface area contributed by atoms with Crippen molar-refractivity contribution in [3.05, 3.63) is 28.2 Å². The van der Waals surface area contributed by atoms with Crippen molar-refractivity contribution in [2.24, 2.45) is 4.99 Å². The molecule has 1 aromatic rings. The first-order valence-electron chi connectivity index (χ1n) is 6.30. The number of nitrogens with zero attached hydrogens (tertiary/aromatic N) is 1. The fourth-order valence-corrected chi connectivity index (χ4v) is 3.12. The molecule has 1 saturated heterocycles. The number of hydrogen-bond donors (Lipinski definition) is 2. The van der Waals surface area contributed by atoms with Crippen molar-refractivity contribution in [2.45, 2.75) is 37.8 Å². The summed E-state index contributed by atoms with van der Waals surface area (Å²) in [5.41, 5.74) is 0.634. The van der Waals surface area contributed by atoms with Crippen LogP contribution in [-0.4, -0.2) is 18.0 Å². The van der Waals surface area contributed by atoms with Gasteiger partial charge in [0.05, 0.1) is 10.0 Å². The number of nitrogens with one attached hydrogen (secondary N) is 2. The van der Waals surface area contributed by atoms with Gasteiger partial charge in [-0.15, -0.1) is 0 Å². The molecule has 96 valence electrons. The van der Waals surface area contributed by atoms with Crippen LogP contribution in [-0.2, 0) is 0 Å². The number of fused-ring (bicyclic) bond motifs is 1. The highest BCUT2D eigenvalue weighted by Gasteiger charge is 2.32. The smallest absolute Gasteiger partial charge is 0.197 e. The van der Waals surface area contributed by atoms with E-state index in [1.807, 2.05) is 6.07 Å². The van der Waals surface area contributed by atoms with Crippen LogP contribution < -0.4 is 10.6 Å². The van der Waals surface area contributed by atoms with Gasteiger partial charge in [0.1, 0.15) is 5.69 Å². The third kappa shape index (κ3) is 2.29. The fourth-order valence-electron chi connectivity index (χ4n) is 2.64. The Morgan fingerprint density at radius 3 is 2.11 bits per heavy atom. The molecule has 0 radical (unpaired) electrons. The van der Waals surface area contributed by atoms with Crippen LogP contribution in [0.25, 0.3) is 0 Å². The topological polar surface area (TPSA) is 36.4 Å². The molecule has 1 aromatic carbocycles. The van der Waals surface area contributed by atoms with E-state index in [2.05, 4.69) is 15.6 Å². The molecule has 3 nitrogen and oxygen atoms in total. The summed E-state index contributed by atoms with van der Waals surface area (Å²) in [4.78, 5) is 4.51. The van der Waals surface area contributed by atoms with E-state index < -0.39 is 0 Å². The Kier molecular flexibility index (Phi) is 3.35. The van der Waals surface area contributed by atoms with Gasteiger partial charge in [0.2, 0.25) is 0 Å². The van der Waals surface area contributed by atoms with Gasteiger partial charge in [-0.3, -0.25) is 0 Å². The van der Waals surface area contributed by atoms with Crippen molar-refractivity contribution in [1.29, 1.82) is 0 Å². The van der Waals surface area contributed by atoms with Gasteiger partial charge in [0.15, 0.2) is 5.96 Å². The Morgan fingerprint density at radius 1 is 1.00 bits per heavy atom. The Balaban J connectivity index is 1.85. The SMILES string of the molecule is Clc1cccc(Cl)c1/N=C1\N[C@H]2CCCC[C@H]2N1. The number of rotatable bonds is 1. The van der Waals surface area contributed by atoms with Crippen molar-refractivity contribution in [1.82, 2.24) is 10.6 Å². The molecule has 1 aliphatic heterocycles. The van der Waals surface area contributed by atoms with Crippen molar-refractivity contribution in [2.75, 3.05) is 0 Å². The van der Waals surface area contributed by atoms with E-state index in [9.17, 15) is 0 Å². The van der Waals surface area contributed by atoms with Crippen LogP contribution in [0.5, 0.6) is 0 Å². The molecule has 2 aliphatic rings.